The molecule has 0 amide bonds. The average Bonchev–Trinajstić information content (AvgIpc) is 2.79. The Balaban J connectivity index is 2.08. The lowest BCUT2D eigenvalue weighted by molar-refractivity contribution is 0.334. The summed E-state index contributed by atoms with van der Waals surface area (Å²) >= 11 is 5.12. The lowest BCUT2D eigenvalue weighted by Crippen LogP contribution is -2.32. The Bertz CT molecular complexity index is 348. The van der Waals surface area contributed by atoms with Crippen LogP contribution in [0, 0.1) is 0 Å². The molecule has 2 heterocycles. The van der Waals surface area contributed by atoms with Crippen molar-refractivity contribution in [3.63, 3.8) is 0 Å². The third-order valence-electron chi connectivity index (χ3n) is 2.92. The number of rotatable bonds is 4. The summed E-state index contributed by atoms with van der Waals surface area (Å²) in [4.78, 5) is 11.2. The summed E-state index contributed by atoms with van der Waals surface area (Å²) in [5, 5.41) is 0. The predicted octanol–water partition coefficient (Wildman–Crippen LogP) is 0.942. The van der Waals surface area contributed by atoms with E-state index in [-0.39, 0.29) is 5.92 Å². The van der Waals surface area contributed by atoms with Crippen LogP contribution in [0.2, 0.25) is 0 Å². The van der Waals surface area contributed by atoms with E-state index >= 15 is 0 Å². The van der Waals surface area contributed by atoms with E-state index in [9.17, 15) is 0 Å². The fourth-order valence-corrected chi connectivity index (χ4v) is 2.24. The normalized spacial score (nSPS) is 18.5. The lowest BCUT2D eigenvalue weighted by Gasteiger charge is -2.21. The van der Waals surface area contributed by atoms with E-state index in [2.05, 4.69) is 14.9 Å². The third kappa shape index (κ3) is 2.74. The molecule has 2 N–H and O–H groups in total. The van der Waals surface area contributed by atoms with E-state index in [0.717, 1.165) is 25.3 Å². The van der Waals surface area contributed by atoms with Crippen molar-refractivity contribution in [2.75, 3.05) is 19.6 Å². The Hall–Kier alpha value is -1.07. The van der Waals surface area contributed by atoms with Crippen LogP contribution < -0.4 is 5.73 Å². The zero-order valence-corrected chi connectivity index (χ0v) is 9.99. The molecule has 0 aromatic carbocycles. The maximum Gasteiger partial charge on any atom is 0.0832 e. The Labute approximate surface area is 101 Å². The smallest absolute Gasteiger partial charge is 0.0832 e. The van der Waals surface area contributed by atoms with Gasteiger partial charge in [0.1, 0.15) is 0 Å². The van der Waals surface area contributed by atoms with Gasteiger partial charge in [-0.25, -0.2) is 0 Å². The van der Waals surface area contributed by atoms with Gasteiger partial charge in [0.2, 0.25) is 0 Å². The molecule has 2 rings (SSSR count). The van der Waals surface area contributed by atoms with Gasteiger partial charge in [-0.15, -0.1) is 0 Å². The van der Waals surface area contributed by atoms with Gasteiger partial charge >= 0.3 is 0 Å². The highest BCUT2D eigenvalue weighted by Gasteiger charge is 2.22. The molecule has 1 fully saturated rings. The van der Waals surface area contributed by atoms with Crippen LogP contribution in [0.15, 0.2) is 18.6 Å². The molecule has 1 aromatic rings. The summed E-state index contributed by atoms with van der Waals surface area (Å²) in [6.45, 7) is 3.15. The Morgan fingerprint density at radius 3 is 2.75 bits per heavy atom. The topological polar surface area (TPSA) is 55.0 Å². The second-order valence-electron chi connectivity index (χ2n) is 4.09. The molecule has 1 aliphatic rings. The molecule has 0 aliphatic carbocycles. The zero-order valence-electron chi connectivity index (χ0n) is 9.17. The number of thiocarbonyl (C=S) groups is 1. The molecule has 1 aromatic heterocycles. The standard InChI is InChI=1S/C11H16N4S/c12-11(16)9(8-15-5-1-2-6-15)10-7-13-3-4-14-10/h3-4,7,9H,1-2,5-6,8H2,(H2,12,16). The first kappa shape index (κ1) is 11.4. The molecule has 0 bridgehead atoms. The van der Waals surface area contributed by atoms with Crippen molar-refractivity contribution >= 4 is 17.2 Å². The summed E-state index contributed by atoms with van der Waals surface area (Å²) in [6, 6.07) is 0. The molecule has 0 radical (unpaired) electrons. The monoisotopic (exact) mass is 236 g/mol. The highest BCUT2D eigenvalue weighted by molar-refractivity contribution is 7.80. The van der Waals surface area contributed by atoms with Crippen LogP contribution in [-0.2, 0) is 0 Å². The fraction of sp³-hybridized carbons (Fsp3) is 0.545. The van der Waals surface area contributed by atoms with E-state index in [4.69, 9.17) is 18.0 Å². The van der Waals surface area contributed by atoms with Gasteiger partial charge in [0.25, 0.3) is 0 Å². The quantitative estimate of drug-likeness (QED) is 0.789. The molecule has 1 aliphatic heterocycles. The van der Waals surface area contributed by atoms with Crippen LogP contribution in [0.25, 0.3) is 0 Å². The largest absolute Gasteiger partial charge is 0.393 e. The molecule has 0 saturated carbocycles. The highest BCUT2D eigenvalue weighted by Crippen LogP contribution is 2.17. The number of nitrogens with zero attached hydrogens (tertiary/aromatic N) is 3. The molecule has 1 unspecified atom stereocenters. The maximum absolute atomic E-state index is 5.78. The predicted molar refractivity (Wildman–Crippen MR) is 67.2 cm³/mol. The highest BCUT2D eigenvalue weighted by atomic mass is 32.1. The first-order valence-corrected chi connectivity index (χ1v) is 5.96. The number of hydrogen-bond acceptors (Lipinski definition) is 4. The second-order valence-corrected chi connectivity index (χ2v) is 4.56. The molecule has 0 spiro atoms. The fourth-order valence-electron chi connectivity index (χ4n) is 2.04. The minimum Gasteiger partial charge on any atom is -0.393 e. The summed E-state index contributed by atoms with van der Waals surface area (Å²) in [7, 11) is 0. The van der Waals surface area contributed by atoms with Crippen LogP contribution >= 0.6 is 12.2 Å². The zero-order chi connectivity index (χ0) is 11.4. The number of hydrogen-bond donors (Lipinski definition) is 1. The van der Waals surface area contributed by atoms with Gasteiger partial charge in [0.05, 0.1) is 16.6 Å². The number of nitrogens with two attached hydrogens (primary N) is 1. The van der Waals surface area contributed by atoms with E-state index in [1.807, 2.05) is 0 Å². The lowest BCUT2D eigenvalue weighted by atomic mass is 10.1. The van der Waals surface area contributed by atoms with Crippen LogP contribution in [-0.4, -0.2) is 39.5 Å². The van der Waals surface area contributed by atoms with Crippen molar-refractivity contribution < 1.29 is 0 Å². The number of aromatic nitrogens is 2. The summed E-state index contributed by atoms with van der Waals surface area (Å²) in [5.41, 5.74) is 6.66. The molecule has 1 saturated heterocycles. The Kier molecular flexibility index (Phi) is 3.79. The van der Waals surface area contributed by atoms with Crippen LogP contribution in [0.4, 0.5) is 0 Å². The van der Waals surface area contributed by atoms with Crippen LogP contribution in [0.3, 0.4) is 0 Å². The van der Waals surface area contributed by atoms with E-state index in [1.165, 1.54) is 12.8 Å². The van der Waals surface area contributed by atoms with Crippen molar-refractivity contribution in [2.45, 2.75) is 18.8 Å². The van der Waals surface area contributed by atoms with Crippen LogP contribution in [0.1, 0.15) is 24.5 Å². The van der Waals surface area contributed by atoms with Crippen LogP contribution in [0.5, 0.6) is 0 Å². The molecule has 4 nitrogen and oxygen atoms in total. The minimum absolute atomic E-state index is 0.0294. The molecule has 1 atom stereocenters. The molecule has 86 valence electrons. The van der Waals surface area contributed by atoms with Crippen molar-refractivity contribution in [1.82, 2.24) is 14.9 Å². The Morgan fingerprint density at radius 2 is 2.19 bits per heavy atom. The summed E-state index contributed by atoms with van der Waals surface area (Å²) in [5.74, 6) is 0.0294. The number of likely N-dealkylation sites (tertiary alicyclic amines) is 1. The van der Waals surface area contributed by atoms with E-state index in [0.29, 0.717) is 4.99 Å². The van der Waals surface area contributed by atoms with Gasteiger partial charge in [-0.2, -0.15) is 0 Å². The van der Waals surface area contributed by atoms with Crippen molar-refractivity contribution in [3.05, 3.63) is 24.3 Å². The summed E-state index contributed by atoms with van der Waals surface area (Å²) < 4.78 is 0. The van der Waals surface area contributed by atoms with Gasteiger partial charge in [0.15, 0.2) is 0 Å². The molecule has 5 heteroatoms. The first-order chi connectivity index (χ1) is 7.77. The maximum atomic E-state index is 5.78. The van der Waals surface area contributed by atoms with Crippen molar-refractivity contribution in [3.8, 4) is 0 Å². The van der Waals surface area contributed by atoms with Crippen molar-refractivity contribution in [1.29, 1.82) is 0 Å². The summed E-state index contributed by atoms with van der Waals surface area (Å²) in [6.07, 6.45) is 7.63. The van der Waals surface area contributed by atoms with E-state index in [1.54, 1.807) is 18.6 Å². The average molecular weight is 236 g/mol. The molecular formula is C11H16N4S. The second kappa shape index (κ2) is 5.32. The molecular weight excluding hydrogens is 220 g/mol. The van der Waals surface area contributed by atoms with Gasteiger partial charge in [-0.3, -0.25) is 9.97 Å². The molecule has 16 heavy (non-hydrogen) atoms. The van der Waals surface area contributed by atoms with E-state index < -0.39 is 0 Å². The van der Waals surface area contributed by atoms with Gasteiger partial charge in [0, 0.05) is 25.1 Å². The van der Waals surface area contributed by atoms with Gasteiger partial charge in [-0.05, 0) is 25.9 Å². The SMILES string of the molecule is NC(=S)C(CN1CCCC1)c1cnccn1. The van der Waals surface area contributed by atoms with Crippen molar-refractivity contribution in [2.24, 2.45) is 5.73 Å². The van der Waals surface area contributed by atoms with Gasteiger partial charge in [-0.1, -0.05) is 12.2 Å². The van der Waals surface area contributed by atoms with Gasteiger partial charge < -0.3 is 10.6 Å². The minimum atomic E-state index is 0.0294. The third-order valence-corrected chi connectivity index (χ3v) is 3.21. The Morgan fingerprint density at radius 1 is 1.44 bits per heavy atom. The first-order valence-electron chi connectivity index (χ1n) is 5.55.